The third-order valence-electron chi connectivity index (χ3n) is 4.46. The number of nitrogens with zero attached hydrogens (tertiary/aromatic N) is 2. The Balaban J connectivity index is 2.09. The number of rotatable bonds is 7. The molecule has 0 saturated heterocycles. The highest BCUT2D eigenvalue weighted by Crippen LogP contribution is 2.24. The molecule has 0 radical (unpaired) electrons. The number of esters is 2. The molecule has 0 amide bonds. The van der Waals surface area contributed by atoms with E-state index in [0.717, 1.165) is 0 Å². The maximum absolute atomic E-state index is 13.2. The van der Waals surface area contributed by atoms with Crippen LogP contribution in [0.3, 0.4) is 0 Å². The van der Waals surface area contributed by atoms with Crippen LogP contribution in [0.2, 0.25) is 0 Å². The molecule has 2 aromatic carbocycles. The van der Waals surface area contributed by atoms with Crippen LogP contribution >= 0.6 is 0 Å². The van der Waals surface area contributed by atoms with Crippen molar-refractivity contribution in [3.63, 3.8) is 0 Å². The molecule has 3 rings (SSSR count). The van der Waals surface area contributed by atoms with Crippen molar-refractivity contribution in [1.82, 2.24) is 9.78 Å². The predicted molar refractivity (Wildman–Crippen MR) is 110 cm³/mol. The zero-order valence-corrected chi connectivity index (χ0v) is 17.9. The first-order valence-corrected chi connectivity index (χ1v) is 10.7. The van der Waals surface area contributed by atoms with Crippen molar-refractivity contribution in [2.45, 2.75) is 10.6 Å². The number of hydrogen-bond donors (Lipinski definition) is 0. The number of methoxy groups -OCH3 is 3. The molecule has 1 heterocycles. The Bertz CT molecular complexity index is 1210. The monoisotopic (exact) mass is 444 g/mol. The lowest BCUT2D eigenvalue weighted by Crippen LogP contribution is -2.14. The minimum atomic E-state index is -4.00. The molecule has 1 aromatic heterocycles. The second-order valence-electron chi connectivity index (χ2n) is 6.37. The van der Waals surface area contributed by atoms with Gasteiger partial charge in [0, 0.05) is 0 Å². The molecule has 0 aliphatic heterocycles. The van der Waals surface area contributed by atoms with Gasteiger partial charge < -0.3 is 14.2 Å². The van der Waals surface area contributed by atoms with E-state index in [-0.39, 0.29) is 21.8 Å². The minimum Gasteiger partial charge on any atom is -0.497 e. The van der Waals surface area contributed by atoms with E-state index in [2.05, 4.69) is 5.10 Å². The van der Waals surface area contributed by atoms with Crippen molar-refractivity contribution in [3.8, 4) is 11.4 Å². The van der Waals surface area contributed by atoms with Crippen LogP contribution in [0.1, 0.15) is 26.5 Å². The summed E-state index contributed by atoms with van der Waals surface area (Å²) >= 11 is 0. The van der Waals surface area contributed by atoms with E-state index in [9.17, 15) is 18.0 Å². The van der Waals surface area contributed by atoms with E-state index in [4.69, 9.17) is 14.2 Å². The number of carbonyl (C=O) groups excluding carboxylic acids is 2. The summed E-state index contributed by atoms with van der Waals surface area (Å²) in [7, 11) is -0.0973. The molecule has 0 spiro atoms. The lowest BCUT2D eigenvalue weighted by Gasteiger charge is -2.11. The van der Waals surface area contributed by atoms with Crippen molar-refractivity contribution >= 4 is 21.8 Å². The maximum atomic E-state index is 13.2. The first-order valence-electron chi connectivity index (χ1n) is 9.02. The van der Waals surface area contributed by atoms with E-state index in [0.29, 0.717) is 11.4 Å². The van der Waals surface area contributed by atoms with Crippen LogP contribution in [-0.4, -0.2) is 51.5 Å². The summed E-state index contributed by atoms with van der Waals surface area (Å²) in [4.78, 5) is 23.9. The van der Waals surface area contributed by atoms with E-state index in [1.54, 1.807) is 30.3 Å². The number of hydrogen-bond acceptors (Lipinski definition) is 8. The van der Waals surface area contributed by atoms with Crippen LogP contribution in [0.5, 0.6) is 5.75 Å². The Kier molecular flexibility index (Phi) is 6.40. The number of sulfone groups is 1. The number of carbonyl (C=O) groups is 2. The molecule has 3 aromatic rings. The molecule has 0 unspecified atom stereocenters. The second-order valence-corrected chi connectivity index (χ2v) is 8.33. The van der Waals surface area contributed by atoms with Gasteiger partial charge in [-0.25, -0.2) is 22.7 Å². The van der Waals surface area contributed by atoms with Gasteiger partial charge in [-0.1, -0.05) is 12.1 Å². The Hall–Kier alpha value is -3.66. The molecule has 0 aliphatic carbocycles. The predicted octanol–water partition coefficient (Wildman–Crippen LogP) is 2.43. The van der Waals surface area contributed by atoms with Gasteiger partial charge >= 0.3 is 11.9 Å². The molecule has 10 heteroatoms. The largest absolute Gasteiger partial charge is 0.497 e. The first kappa shape index (κ1) is 22.0. The second kappa shape index (κ2) is 9.00. The van der Waals surface area contributed by atoms with Crippen LogP contribution in [0, 0.1) is 0 Å². The summed E-state index contributed by atoms with van der Waals surface area (Å²) in [6.45, 7) is 0. The van der Waals surface area contributed by atoms with Crippen molar-refractivity contribution < 1.29 is 32.2 Å². The summed E-state index contributed by atoms with van der Waals surface area (Å²) in [6, 6.07) is 13.8. The Morgan fingerprint density at radius 1 is 0.935 bits per heavy atom. The van der Waals surface area contributed by atoms with E-state index < -0.39 is 27.5 Å². The molecule has 162 valence electrons. The molecule has 0 N–H and O–H groups in total. The van der Waals surface area contributed by atoms with Crippen molar-refractivity contribution in [2.75, 3.05) is 21.3 Å². The topological polar surface area (TPSA) is 114 Å². The molecule has 31 heavy (non-hydrogen) atoms. The molecule has 0 saturated carbocycles. The standard InChI is InChI=1S/C21H20N2O7S/c1-28-16-10-8-14(9-11-16)23-15(12-18(22-23)21(25)30-3)13-31(26,27)19-7-5-4-6-17(19)20(24)29-2/h4-12H,13H2,1-3H3. The molecule has 0 fully saturated rings. The summed E-state index contributed by atoms with van der Waals surface area (Å²) in [6.07, 6.45) is 0. The van der Waals surface area contributed by atoms with E-state index in [1.807, 2.05) is 0 Å². The zero-order valence-electron chi connectivity index (χ0n) is 17.1. The van der Waals surface area contributed by atoms with Crippen LogP contribution in [0.15, 0.2) is 59.5 Å². The summed E-state index contributed by atoms with van der Waals surface area (Å²) in [5.41, 5.74) is 0.603. The van der Waals surface area contributed by atoms with Crippen LogP contribution in [-0.2, 0) is 25.1 Å². The van der Waals surface area contributed by atoms with Crippen LogP contribution in [0.25, 0.3) is 5.69 Å². The molecule has 0 aliphatic rings. The van der Waals surface area contributed by atoms with Crippen molar-refractivity contribution in [3.05, 3.63) is 71.5 Å². The van der Waals surface area contributed by atoms with Gasteiger partial charge in [-0.2, -0.15) is 5.10 Å². The average Bonchev–Trinajstić information content (AvgIpc) is 3.21. The fourth-order valence-electron chi connectivity index (χ4n) is 2.96. The van der Waals surface area contributed by atoms with Gasteiger partial charge in [0.15, 0.2) is 15.5 Å². The van der Waals surface area contributed by atoms with Gasteiger partial charge in [0.25, 0.3) is 0 Å². The Labute approximate surface area is 179 Å². The number of aromatic nitrogens is 2. The Morgan fingerprint density at radius 3 is 2.19 bits per heavy atom. The molecule has 0 atom stereocenters. The van der Waals surface area contributed by atoms with Crippen LogP contribution < -0.4 is 4.74 Å². The molecule has 9 nitrogen and oxygen atoms in total. The number of ether oxygens (including phenoxy) is 3. The SMILES string of the molecule is COC(=O)c1cc(CS(=O)(=O)c2ccccc2C(=O)OC)n(-c2ccc(OC)cc2)n1. The summed E-state index contributed by atoms with van der Waals surface area (Å²) in [5, 5.41) is 4.20. The highest BCUT2D eigenvalue weighted by atomic mass is 32.2. The third kappa shape index (κ3) is 4.58. The zero-order chi connectivity index (χ0) is 22.6. The summed E-state index contributed by atoms with van der Waals surface area (Å²) in [5.74, 6) is -1.39. The lowest BCUT2D eigenvalue weighted by atomic mass is 10.2. The van der Waals surface area contributed by atoms with Crippen LogP contribution in [0.4, 0.5) is 0 Å². The fourth-order valence-corrected chi connectivity index (χ4v) is 4.49. The first-order chi connectivity index (χ1) is 14.8. The third-order valence-corrected chi connectivity index (χ3v) is 6.16. The van der Waals surface area contributed by atoms with Gasteiger partial charge in [0.1, 0.15) is 5.75 Å². The van der Waals surface area contributed by atoms with Crippen molar-refractivity contribution in [2.24, 2.45) is 0 Å². The van der Waals surface area contributed by atoms with Crippen molar-refractivity contribution in [1.29, 1.82) is 0 Å². The van der Waals surface area contributed by atoms with Gasteiger partial charge in [-0.3, -0.25) is 0 Å². The van der Waals surface area contributed by atoms with Gasteiger partial charge in [-0.05, 0) is 42.5 Å². The Morgan fingerprint density at radius 2 is 1.58 bits per heavy atom. The molecular formula is C21H20N2O7S. The van der Waals surface area contributed by atoms with Gasteiger partial charge in [-0.15, -0.1) is 0 Å². The van der Waals surface area contributed by atoms with Gasteiger partial charge in [0.05, 0.1) is 48.9 Å². The fraction of sp³-hybridized carbons (Fsp3) is 0.190. The maximum Gasteiger partial charge on any atom is 0.358 e. The van der Waals surface area contributed by atoms with E-state index >= 15 is 0 Å². The number of benzene rings is 2. The lowest BCUT2D eigenvalue weighted by molar-refractivity contribution is 0.0586. The smallest absolute Gasteiger partial charge is 0.358 e. The highest BCUT2D eigenvalue weighted by Gasteiger charge is 2.26. The highest BCUT2D eigenvalue weighted by molar-refractivity contribution is 7.90. The minimum absolute atomic E-state index is 0.0511. The summed E-state index contributed by atoms with van der Waals surface area (Å²) < 4.78 is 42.3. The van der Waals surface area contributed by atoms with Gasteiger partial charge in [0.2, 0.25) is 0 Å². The van der Waals surface area contributed by atoms with E-state index in [1.165, 1.54) is 50.3 Å². The quantitative estimate of drug-likeness (QED) is 0.511. The molecule has 0 bridgehead atoms. The average molecular weight is 444 g/mol. The molecular weight excluding hydrogens is 424 g/mol. The normalized spacial score (nSPS) is 11.1.